The van der Waals surface area contributed by atoms with E-state index in [0.29, 0.717) is 30.3 Å². The molecule has 3 aromatic rings. The Labute approximate surface area is 164 Å². The van der Waals surface area contributed by atoms with Gasteiger partial charge in [0, 0.05) is 20.0 Å². The fourth-order valence-electron chi connectivity index (χ4n) is 3.08. The van der Waals surface area contributed by atoms with Crippen LogP contribution in [0.2, 0.25) is 0 Å². The highest BCUT2D eigenvalue weighted by Crippen LogP contribution is 2.50. The number of rotatable bonds is 5. The van der Waals surface area contributed by atoms with E-state index in [4.69, 9.17) is 9.05 Å². The molecule has 4 rings (SSSR count). The minimum Gasteiger partial charge on any atom is -0.399 e. The van der Waals surface area contributed by atoms with Gasteiger partial charge in [-0.3, -0.25) is 0 Å². The molecule has 142 valence electrons. The molecule has 1 aliphatic heterocycles. The molecule has 0 saturated carbocycles. The van der Waals surface area contributed by atoms with Crippen LogP contribution in [0.25, 0.3) is 0 Å². The van der Waals surface area contributed by atoms with Crippen molar-refractivity contribution in [3.05, 3.63) is 96.1 Å². The molecule has 6 heteroatoms. The van der Waals surface area contributed by atoms with Gasteiger partial charge in [0.05, 0.1) is 0 Å². The maximum atomic E-state index is 13.6. The smallest absolute Gasteiger partial charge is 0.399 e. The summed E-state index contributed by atoms with van der Waals surface area (Å²) in [6.45, 7) is 0.700. The van der Waals surface area contributed by atoms with Crippen molar-refractivity contribution in [2.24, 2.45) is 4.76 Å². The number of amidine groups is 1. The zero-order valence-corrected chi connectivity index (χ0v) is 16.5. The summed E-state index contributed by atoms with van der Waals surface area (Å²) in [5.74, 6) is 1.57. The first-order chi connectivity index (χ1) is 13.6. The second kappa shape index (κ2) is 7.91. The first-order valence-corrected chi connectivity index (χ1v) is 10.6. The molecule has 1 aliphatic rings. The molecule has 0 atom stereocenters. The molecule has 0 bridgehead atoms. The molecule has 0 radical (unpaired) electrons. The van der Waals surface area contributed by atoms with Gasteiger partial charge in [-0.2, -0.15) is 0 Å². The lowest BCUT2D eigenvalue weighted by atomic mass is 10.00. The molecule has 0 spiro atoms. The first kappa shape index (κ1) is 18.3. The predicted molar refractivity (Wildman–Crippen MR) is 111 cm³/mol. The molecule has 0 amide bonds. The number of fused-ring (bicyclic) bond motifs is 1. The van der Waals surface area contributed by atoms with E-state index < -0.39 is 7.75 Å². The minimum absolute atomic E-state index is 0.449. The molecular formula is C22H21N2O3P. The van der Waals surface area contributed by atoms with Crippen LogP contribution in [-0.4, -0.2) is 17.8 Å². The number of hydrogen-bond donors (Lipinski definition) is 0. The lowest BCUT2D eigenvalue weighted by Gasteiger charge is -2.29. The summed E-state index contributed by atoms with van der Waals surface area (Å²) >= 11 is 0. The van der Waals surface area contributed by atoms with Crippen molar-refractivity contribution in [1.29, 1.82) is 0 Å². The molecule has 0 unspecified atom stereocenters. The largest absolute Gasteiger partial charge is 0.564 e. The number of para-hydroxylation sites is 2. The van der Waals surface area contributed by atoms with Crippen molar-refractivity contribution in [2.75, 3.05) is 7.05 Å². The molecule has 0 aromatic heterocycles. The lowest BCUT2D eigenvalue weighted by molar-refractivity contribution is 0.385. The molecule has 0 N–H and O–H groups in total. The number of benzene rings is 3. The van der Waals surface area contributed by atoms with E-state index in [1.54, 1.807) is 24.3 Å². The molecule has 1 heterocycles. The Hall–Kier alpha value is -3.04. The van der Waals surface area contributed by atoms with Gasteiger partial charge in [-0.15, -0.1) is 4.76 Å². The van der Waals surface area contributed by atoms with E-state index in [0.717, 1.165) is 0 Å². The second-order valence-electron chi connectivity index (χ2n) is 6.60. The van der Waals surface area contributed by atoms with E-state index in [-0.39, 0.29) is 0 Å². The third-order valence-corrected chi connectivity index (χ3v) is 5.84. The van der Waals surface area contributed by atoms with Gasteiger partial charge in [0.1, 0.15) is 17.3 Å². The maximum absolute atomic E-state index is 13.6. The predicted octanol–water partition coefficient (Wildman–Crippen LogP) is 5.34. The number of hydrogen-bond acceptors (Lipinski definition) is 3. The summed E-state index contributed by atoms with van der Waals surface area (Å²) in [5, 5.41) is 0. The SMILES string of the molecule is CN1Cc2ccccc2CC1=NP(=O)(Oc1ccccc1)Oc1ccccc1. The van der Waals surface area contributed by atoms with Crippen molar-refractivity contribution in [2.45, 2.75) is 13.0 Å². The molecule has 5 nitrogen and oxygen atoms in total. The molecule has 0 aliphatic carbocycles. The van der Waals surface area contributed by atoms with Gasteiger partial charge in [0.25, 0.3) is 0 Å². The summed E-state index contributed by atoms with van der Waals surface area (Å²) in [7, 11) is -1.90. The summed E-state index contributed by atoms with van der Waals surface area (Å²) in [4.78, 5) is 1.98. The molecule has 3 aromatic carbocycles. The van der Waals surface area contributed by atoms with Gasteiger partial charge in [0.2, 0.25) is 0 Å². The second-order valence-corrected chi connectivity index (χ2v) is 8.10. The van der Waals surface area contributed by atoms with E-state index in [2.05, 4.69) is 16.9 Å². The van der Waals surface area contributed by atoms with Gasteiger partial charge in [0.15, 0.2) is 0 Å². The Morgan fingerprint density at radius 3 is 1.86 bits per heavy atom. The highest BCUT2D eigenvalue weighted by Gasteiger charge is 2.31. The highest BCUT2D eigenvalue weighted by atomic mass is 31.2. The topological polar surface area (TPSA) is 51.1 Å². The fraction of sp³-hybridized carbons (Fsp3) is 0.136. The van der Waals surface area contributed by atoms with Crippen molar-refractivity contribution in [3.8, 4) is 11.5 Å². The average molecular weight is 392 g/mol. The number of likely N-dealkylation sites (N-methyl/N-ethyl adjacent to an activating group) is 1. The molecular weight excluding hydrogens is 371 g/mol. The van der Waals surface area contributed by atoms with Crippen LogP contribution in [-0.2, 0) is 17.5 Å². The Bertz CT molecular complexity index is 977. The van der Waals surface area contributed by atoms with E-state index in [9.17, 15) is 4.57 Å². The number of nitrogens with zero attached hydrogens (tertiary/aromatic N) is 2. The van der Waals surface area contributed by atoms with E-state index >= 15 is 0 Å². The zero-order chi connectivity index (χ0) is 19.4. The average Bonchev–Trinajstić information content (AvgIpc) is 2.70. The van der Waals surface area contributed by atoms with Crippen molar-refractivity contribution in [3.63, 3.8) is 0 Å². The van der Waals surface area contributed by atoms with Crippen LogP contribution in [0.15, 0.2) is 89.7 Å². The van der Waals surface area contributed by atoms with E-state index in [1.807, 2.05) is 60.5 Å². The minimum atomic E-state index is -3.83. The van der Waals surface area contributed by atoms with Crippen LogP contribution in [0.5, 0.6) is 11.5 Å². The van der Waals surface area contributed by atoms with Crippen molar-refractivity contribution >= 4 is 13.6 Å². The van der Waals surface area contributed by atoms with Crippen LogP contribution in [0.4, 0.5) is 0 Å². The molecule has 28 heavy (non-hydrogen) atoms. The van der Waals surface area contributed by atoms with Gasteiger partial charge in [-0.25, -0.2) is 4.57 Å². The normalized spacial score (nSPS) is 15.2. The Kier molecular flexibility index (Phi) is 5.18. The van der Waals surface area contributed by atoms with E-state index in [1.165, 1.54) is 11.1 Å². The Morgan fingerprint density at radius 2 is 1.29 bits per heavy atom. The summed E-state index contributed by atoms with van der Waals surface area (Å²) in [6, 6.07) is 26.2. The third kappa shape index (κ3) is 4.26. The Balaban J connectivity index is 1.69. The summed E-state index contributed by atoms with van der Waals surface area (Å²) < 4.78 is 29.6. The van der Waals surface area contributed by atoms with Crippen molar-refractivity contribution in [1.82, 2.24) is 4.90 Å². The molecule has 0 saturated heterocycles. The highest BCUT2D eigenvalue weighted by molar-refractivity contribution is 7.53. The zero-order valence-electron chi connectivity index (χ0n) is 15.6. The van der Waals surface area contributed by atoms with Crippen molar-refractivity contribution < 1.29 is 13.6 Å². The van der Waals surface area contributed by atoms with Crippen LogP contribution in [0.1, 0.15) is 11.1 Å². The lowest BCUT2D eigenvalue weighted by Crippen LogP contribution is -2.33. The van der Waals surface area contributed by atoms with Crippen LogP contribution >= 0.6 is 7.75 Å². The molecule has 0 fully saturated rings. The first-order valence-electron chi connectivity index (χ1n) is 9.08. The fourth-order valence-corrected chi connectivity index (χ4v) is 4.48. The van der Waals surface area contributed by atoms with Gasteiger partial charge >= 0.3 is 7.75 Å². The van der Waals surface area contributed by atoms with Crippen LogP contribution in [0.3, 0.4) is 0 Å². The van der Waals surface area contributed by atoms with Gasteiger partial charge in [-0.1, -0.05) is 60.7 Å². The van der Waals surface area contributed by atoms with Crippen LogP contribution in [0, 0.1) is 0 Å². The maximum Gasteiger partial charge on any atom is 0.564 e. The summed E-state index contributed by atoms with van der Waals surface area (Å²) in [5.41, 5.74) is 2.41. The third-order valence-electron chi connectivity index (χ3n) is 4.48. The standard InChI is InChI=1S/C22H21N2O3P/c1-24-17-19-11-9-8-10-18(19)16-22(24)23-28(25,26-20-12-4-2-5-13-20)27-21-14-6-3-7-15-21/h2-15H,16-17H2,1H3. The monoisotopic (exact) mass is 392 g/mol. The quantitative estimate of drug-likeness (QED) is 0.550. The summed E-state index contributed by atoms with van der Waals surface area (Å²) in [6.07, 6.45) is 0.576. The van der Waals surface area contributed by atoms with Crippen LogP contribution < -0.4 is 9.05 Å². The van der Waals surface area contributed by atoms with Gasteiger partial charge in [-0.05, 0) is 35.4 Å². The van der Waals surface area contributed by atoms with Gasteiger partial charge < -0.3 is 13.9 Å². The Morgan fingerprint density at radius 1 is 0.786 bits per heavy atom.